The zero-order valence-corrected chi connectivity index (χ0v) is 10.0. The first-order valence-electron chi connectivity index (χ1n) is 5.77. The molecule has 0 radical (unpaired) electrons. The smallest absolute Gasteiger partial charge is 0.224 e. The first-order chi connectivity index (χ1) is 7.15. The SMILES string of the molecule is CNCC(C)C(=O)NCC1CCCN1C. The lowest BCUT2D eigenvalue weighted by Gasteiger charge is -2.20. The van der Waals surface area contributed by atoms with Gasteiger partial charge < -0.3 is 15.5 Å². The average molecular weight is 213 g/mol. The van der Waals surface area contributed by atoms with Crippen LogP contribution < -0.4 is 10.6 Å². The summed E-state index contributed by atoms with van der Waals surface area (Å²) in [6, 6.07) is 0.538. The minimum Gasteiger partial charge on any atom is -0.354 e. The Morgan fingerprint density at radius 1 is 1.60 bits per heavy atom. The molecule has 2 unspecified atom stereocenters. The maximum Gasteiger partial charge on any atom is 0.224 e. The number of carbonyl (C=O) groups excluding carboxylic acids is 1. The predicted octanol–water partition coefficient (Wildman–Crippen LogP) is 0.0523. The van der Waals surface area contributed by atoms with E-state index in [1.165, 1.54) is 12.8 Å². The third kappa shape index (κ3) is 3.80. The van der Waals surface area contributed by atoms with Crippen LogP contribution in [0.4, 0.5) is 0 Å². The fourth-order valence-electron chi connectivity index (χ4n) is 2.03. The average Bonchev–Trinajstić information content (AvgIpc) is 2.61. The molecule has 15 heavy (non-hydrogen) atoms. The fraction of sp³-hybridized carbons (Fsp3) is 0.909. The van der Waals surface area contributed by atoms with E-state index in [-0.39, 0.29) is 11.8 Å². The summed E-state index contributed by atoms with van der Waals surface area (Å²) in [5.74, 6) is 0.214. The van der Waals surface area contributed by atoms with Crippen molar-refractivity contribution < 1.29 is 4.79 Å². The molecule has 1 fully saturated rings. The summed E-state index contributed by atoms with van der Waals surface area (Å²) in [6.07, 6.45) is 2.46. The molecule has 0 saturated carbocycles. The van der Waals surface area contributed by atoms with Crippen LogP contribution in [0.1, 0.15) is 19.8 Å². The summed E-state index contributed by atoms with van der Waals surface area (Å²) >= 11 is 0. The summed E-state index contributed by atoms with van der Waals surface area (Å²) in [4.78, 5) is 13.9. The number of nitrogens with one attached hydrogen (secondary N) is 2. The largest absolute Gasteiger partial charge is 0.354 e. The molecule has 4 nitrogen and oxygen atoms in total. The van der Waals surface area contributed by atoms with E-state index in [0.29, 0.717) is 6.04 Å². The Hall–Kier alpha value is -0.610. The monoisotopic (exact) mass is 213 g/mol. The highest BCUT2D eigenvalue weighted by Gasteiger charge is 2.21. The second-order valence-corrected chi connectivity index (χ2v) is 4.48. The van der Waals surface area contributed by atoms with E-state index in [9.17, 15) is 4.79 Å². The molecule has 0 bridgehead atoms. The zero-order valence-electron chi connectivity index (χ0n) is 10.0. The van der Waals surface area contributed by atoms with Crippen molar-refractivity contribution in [3.05, 3.63) is 0 Å². The Morgan fingerprint density at radius 3 is 2.87 bits per heavy atom. The molecule has 0 aliphatic carbocycles. The molecule has 1 aliphatic heterocycles. The number of carbonyl (C=O) groups is 1. The van der Waals surface area contributed by atoms with Gasteiger partial charge in [-0.05, 0) is 33.5 Å². The molecule has 88 valence electrons. The van der Waals surface area contributed by atoms with Gasteiger partial charge in [-0.1, -0.05) is 6.92 Å². The molecular weight excluding hydrogens is 190 g/mol. The van der Waals surface area contributed by atoms with E-state index >= 15 is 0 Å². The highest BCUT2D eigenvalue weighted by atomic mass is 16.1. The Balaban J connectivity index is 2.21. The van der Waals surface area contributed by atoms with Crippen molar-refractivity contribution in [2.24, 2.45) is 5.92 Å². The van der Waals surface area contributed by atoms with Gasteiger partial charge in [0.05, 0.1) is 0 Å². The van der Waals surface area contributed by atoms with E-state index in [1.807, 2.05) is 14.0 Å². The highest BCUT2D eigenvalue weighted by molar-refractivity contribution is 5.78. The van der Waals surface area contributed by atoms with Gasteiger partial charge in [0.25, 0.3) is 0 Å². The number of hydrogen-bond acceptors (Lipinski definition) is 3. The molecule has 0 spiro atoms. The van der Waals surface area contributed by atoms with Gasteiger partial charge in [-0.25, -0.2) is 0 Å². The number of amides is 1. The Bertz CT molecular complexity index is 208. The Labute approximate surface area is 92.4 Å². The Morgan fingerprint density at radius 2 is 2.33 bits per heavy atom. The van der Waals surface area contributed by atoms with E-state index in [2.05, 4.69) is 22.6 Å². The van der Waals surface area contributed by atoms with Crippen LogP contribution in [0, 0.1) is 5.92 Å². The third-order valence-electron chi connectivity index (χ3n) is 3.14. The summed E-state index contributed by atoms with van der Waals surface area (Å²) in [5.41, 5.74) is 0. The van der Waals surface area contributed by atoms with Gasteiger partial charge in [-0.15, -0.1) is 0 Å². The van der Waals surface area contributed by atoms with Gasteiger partial charge in [0.15, 0.2) is 0 Å². The number of likely N-dealkylation sites (N-methyl/N-ethyl adjacent to an activating group) is 1. The number of likely N-dealkylation sites (tertiary alicyclic amines) is 1. The number of nitrogens with zero attached hydrogens (tertiary/aromatic N) is 1. The molecule has 1 heterocycles. The van der Waals surface area contributed by atoms with E-state index in [0.717, 1.165) is 19.6 Å². The van der Waals surface area contributed by atoms with E-state index in [4.69, 9.17) is 0 Å². The van der Waals surface area contributed by atoms with Crippen molar-refractivity contribution in [3.63, 3.8) is 0 Å². The van der Waals surface area contributed by atoms with Gasteiger partial charge in [-0.2, -0.15) is 0 Å². The zero-order chi connectivity index (χ0) is 11.3. The molecule has 4 heteroatoms. The summed E-state index contributed by atoms with van der Waals surface area (Å²) in [7, 11) is 4.00. The highest BCUT2D eigenvalue weighted by Crippen LogP contribution is 2.13. The van der Waals surface area contributed by atoms with E-state index < -0.39 is 0 Å². The van der Waals surface area contributed by atoms with Gasteiger partial charge in [-0.3, -0.25) is 4.79 Å². The molecule has 1 amide bonds. The topological polar surface area (TPSA) is 44.4 Å². The lowest BCUT2D eigenvalue weighted by atomic mass is 10.1. The normalized spacial score (nSPS) is 24.1. The van der Waals surface area contributed by atoms with Crippen molar-refractivity contribution in [2.75, 3.05) is 33.7 Å². The van der Waals surface area contributed by atoms with Crippen molar-refractivity contribution in [1.29, 1.82) is 0 Å². The van der Waals surface area contributed by atoms with E-state index in [1.54, 1.807) is 0 Å². The Kier molecular flexibility index (Phi) is 5.05. The molecule has 2 N–H and O–H groups in total. The number of hydrogen-bond donors (Lipinski definition) is 2. The molecular formula is C11H23N3O. The van der Waals surface area contributed by atoms with Gasteiger partial charge in [0.2, 0.25) is 5.91 Å². The second-order valence-electron chi connectivity index (χ2n) is 4.48. The molecule has 0 aromatic carbocycles. The maximum atomic E-state index is 11.6. The molecule has 2 atom stereocenters. The second kappa shape index (κ2) is 6.08. The van der Waals surface area contributed by atoms with Crippen molar-refractivity contribution in [1.82, 2.24) is 15.5 Å². The van der Waals surface area contributed by atoms with Crippen molar-refractivity contribution in [2.45, 2.75) is 25.8 Å². The van der Waals surface area contributed by atoms with Crippen LogP contribution in [0.3, 0.4) is 0 Å². The molecule has 1 rings (SSSR count). The molecule has 0 aromatic rings. The molecule has 1 aliphatic rings. The summed E-state index contributed by atoms with van der Waals surface area (Å²) in [6.45, 7) is 4.65. The van der Waals surface area contributed by atoms with Crippen LogP contribution in [0.25, 0.3) is 0 Å². The molecule has 1 saturated heterocycles. The van der Waals surface area contributed by atoms with Crippen molar-refractivity contribution in [3.8, 4) is 0 Å². The number of rotatable bonds is 5. The van der Waals surface area contributed by atoms with Crippen LogP contribution in [0.15, 0.2) is 0 Å². The van der Waals surface area contributed by atoms with Crippen LogP contribution in [-0.2, 0) is 4.79 Å². The minimum atomic E-state index is 0.0571. The van der Waals surface area contributed by atoms with Crippen LogP contribution >= 0.6 is 0 Å². The lowest BCUT2D eigenvalue weighted by Crippen LogP contribution is -2.41. The van der Waals surface area contributed by atoms with Gasteiger partial charge in [0.1, 0.15) is 0 Å². The van der Waals surface area contributed by atoms with Crippen LogP contribution in [-0.4, -0.2) is 50.6 Å². The molecule has 0 aromatic heterocycles. The standard InChI is InChI=1S/C11H23N3O/c1-9(7-12-2)11(15)13-8-10-5-4-6-14(10)3/h9-10,12H,4-8H2,1-3H3,(H,13,15). The predicted molar refractivity (Wildman–Crippen MR) is 61.8 cm³/mol. The lowest BCUT2D eigenvalue weighted by molar-refractivity contribution is -0.124. The van der Waals surface area contributed by atoms with Crippen LogP contribution in [0.5, 0.6) is 0 Å². The fourth-order valence-corrected chi connectivity index (χ4v) is 2.03. The minimum absolute atomic E-state index is 0.0571. The van der Waals surface area contributed by atoms with Crippen LogP contribution in [0.2, 0.25) is 0 Å². The summed E-state index contributed by atoms with van der Waals surface area (Å²) < 4.78 is 0. The van der Waals surface area contributed by atoms with Gasteiger partial charge >= 0.3 is 0 Å². The first kappa shape index (κ1) is 12.5. The quantitative estimate of drug-likeness (QED) is 0.678. The van der Waals surface area contributed by atoms with Crippen molar-refractivity contribution >= 4 is 5.91 Å². The first-order valence-corrected chi connectivity index (χ1v) is 5.77. The maximum absolute atomic E-state index is 11.6. The van der Waals surface area contributed by atoms with Gasteiger partial charge in [0, 0.05) is 25.0 Å². The third-order valence-corrected chi connectivity index (χ3v) is 3.14. The summed E-state index contributed by atoms with van der Waals surface area (Å²) in [5, 5.41) is 6.03.